The van der Waals surface area contributed by atoms with Gasteiger partial charge in [0.15, 0.2) is 0 Å². The summed E-state index contributed by atoms with van der Waals surface area (Å²) in [6, 6.07) is 7.71. The molecule has 0 radical (unpaired) electrons. The molecule has 0 unspecified atom stereocenters. The van der Waals surface area contributed by atoms with Crippen LogP contribution < -0.4 is 0 Å². The van der Waals surface area contributed by atoms with Crippen LogP contribution in [0.4, 0.5) is 0 Å². The van der Waals surface area contributed by atoms with Crippen LogP contribution in [0.1, 0.15) is 20.9 Å². The molecule has 1 N–H and O–H groups in total. The van der Waals surface area contributed by atoms with Gasteiger partial charge < -0.3 is 14.6 Å². The quantitative estimate of drug-likeness (QED) is 0.887. The van der Waals surface area contributed by atoms with Crippen molar-refractivity contribution in [3.05, 3.63) is 40.4 Å². The van der Waals surface area contributed by atoms with E-state index in [0.29, 0.717) is 17.3 Å². The molecule has 0 saturated carbocycles. The number of thiazole rings is 1. The van der Waals surface area contributed by atoms with Gasteiger partial charge in [-0.2, -0.15) is 0 Å². The van der Waals surface area contributed by atoms with E-state index in [1.54, 1.807) is 7.11 Å². The first-order chi connectivity index (χ1) is 9.65. The number of nitrogens with zero attached hydrogens (tertiary/aromatic N) is 1. The average molecular weight is 293 g/mol. The highest BCUT2D eigenvalue weighted by Gasteiger charge is 2.18. The summed E-state index contributed by atoms with van der Waals surface area (Å²) >= 11 is 1.16. The summed E-state index contributed by atoms with van der Waals surface area (Å²) in [5, 5.41) is 9.86. The molecule has 6 heteroatoms. The van der Waals surface area contributed by atoms with Crippen molar-refractivity contribution in [3.63, 3.8) is 0 Å². The van der Waals surface area contributed by atoms with E-state index in [2.05, 4.69) is 4.98 Å². The molecular weight excluding hydrogens is 278 g/mol. The zero-order chi connectivity index (χ0) is 14.5. The van der Waals surface area contributed by atoms with Crippen molar-refractivity contribution in [1.29, 1.82) is 0 Å². The van der Waals surface area contributed by atoms with Crippen LogP contribution in [0.15, 0.2) is 24.3 Å². The highest BCUT2D eigenvalue weighted by Crippen LogP contribution is 2.29. The van der Waals surface area contributed by atoms with Gasteiger partial charge in [-0.3, -0.25) is 0 Å². The number of carboxylic acids is 1. The SMILES string of the molecule is COCc1cccc(-c2nc(COC)c(C(=O)O)s2)c1. The second-order valence-corrected chi connectivity index (χ2v) is 5.17. The Morgan fingerprint density at radius 1 is 1.30 bits per heavy atom. The normalized spacial score (nSPS) is 10.7. The van der Waals surface area contributed by atoms with Crippen LogP contribution in [0.2, 0.25) is 0 Å². The van der Waals surface area contributed by atoms with Crippen LogP contribution in [0.25, 0.3) is 10.6 Å². The number of methoxy groups -OCH3 is 2. The van der Waals surface area contributed by atoms with Crippen LogP contribution in [0.3, 0.4) is 0 Å². The summed E-state index contributed by atoms with van der Waals surface area (Å²) in [5.74, 6) is -0.978. The minimum absolute atomic E-state index is 0.190. The number of hydrogen-bond donors (Lipinski definition) is 1. The van der Waals surface area contributed by atoms with Crippen molar-refractivity contribution in [2.24, 2.45) is 0 Å². The van der Waals surface area contributed by atoms with Gasteiger partial charge in [0.25, 0.3) is 0 Å². The average Bonchev–Trinajstić information content (AvgIpc) is 2.84. The zero-order valence-electron chi connectivity index (χ0n) is 11.3. The van der Waals surface area contributed by atoms with Gasteiger partial charge in [-0.1, -0.05) is 18.2 Å². The number of aromatic nitrogens is 1. The van der Waals surface area contributed by atoms with Crippen LogP contribution >= 0.6 is 11.3 Å². The molecule has 0 fully saturated rings. The van der Waals surface area contributed by atoms with E-state index in [1.807, 2.05) is 24.3 Å². The van der Waals surface area contributed by atoms with Crippen molar-refractivity contribution in [3.8, 4) is 10.6 Å². The standard InChI is InChI=1S/C14H15NO4S/c1-18-7-9-4-3-5-10(6-9)13-15-11(8-19-2)12(20-13)14(16)17/h3-6H,7-8H2,1-2H3,(H,16,17). The molecule has 1 aromatic carbocycles. The summed E-state index contributed by atoms with van der Waals surface area (Å²) in [6.45, 7) is 0.700. The van der Waals surface area contributed by atoms with E-state index in [1.165, 1.54) is 7.11 Å². The van der Waals surface area contributed by atoms with Gasteiger partial charge in [0.2, 0.25) is 0 Å². The zero-order valence-corrected chi connectivity index (χ0v) is 12.1. The molecule has 1 heterocycles. The molecular formula is C14H15NO4S. The summed E-state index contributed by atoms with van der Waals surface area (Å²) in [7, 11) is 3.15. The van der Waals surface area contributed by atoms with E-state index in [-0.39, 0.29) is 11.5 Å². The summed E-state index contributed by atoms with van der Waals surface area (Å²) < 4.78 is 10.1. The van der Waals surface area contributed by atoms with Gasteiger partial charge in [-0.05, 0) is 11.6 Å². The predicted molar refractivity (Wildman–Crippen MR) is 75.9 cm³/mol. The van der Waals surface area contributed by atoms with Gasteiger partial charge in [0.1, 0.15) is 9.88 Å². The third kappa shape index (κ3) is 3.22. The summed E-state index contributed by atoms with van der Waals surface area (Å²) in [4.78, 5) is 15.8. The fraction of sp³-hybridized carbons (Fsp3) is 0.286. The number of carbonyl (C=O) groups is 1. The molecule has 0 atom stereocenters. The molecule has 0 aliphatic rings. The van der Waals surface area contributed by atoms with Crippen molar-refractivity contribution in [2.75, 3.05) is 14.2 Å². The third-order valence-electron chi connectivity index (χ3n) is 2.66. The minimum atomic E-state index is -0.978. The highest BCUT2D eigenvalue weighted by molar-refractivity contribution is 7.17. The third-order valence-corrected chi connectivity index (χ3v) is 3.79. The minimum Gasteiger partial charge on any atom is -0.477 e. The Morgan fingerprint density at radius 3 is 2.70 bits per heavy atom. The van der Waals surface area contributed by atoms with Gasteiger partial charge in [-0.25, -0.2) is 9.78 Å². The molecule has 0 bridgehead atoms. The second kappa shape index (κ2) is 6.60. The maximum atomic E-state index is 11.2. The Hall–Kier alpha value is -1.76. The van der Waals surface area contributed by atoms with Gasteiger partial charge in [0.05, 0.1) is 18.9 Å². The van der Waals surface area contributed by atoms with Gasteiger partial charge in [0, 0.05) is 19.8 Å². The molecule has 0 aliphatic heterocycles. The molecule has 0 aliphatic carbocycles. The maximum absolute atomic E-state index is 11.2. The molecule has 0 spiro atoms. The van der Waals surface area contributed by atoms with Crippen LogP contribution in [-0.2, 0) is 22.7 Å². The number of carboxylic acid groups (broad SMARTS) is 1. The monoisotopic (exact) mass is 293 g/mol. The smallest absolute Gasteiger partial charge is 0.347 e. The molecule has 106 valence electrons. The Bertz CT molecular complexity index is 609. The number of aromatic carboxylic acids is 1. The van der Waals surface area contributed by atoms with E-state index in [9.17, 15) is 9.90 Å². The van der Waals surface area contributed by atoms with Crippen LogP contribution in [-0.4, -0.2) is 30.3 Å². The maximum Gasteiger partial charge on any atom is 0.347 e. The van der Waals surface area contributed by atoms with Crippen LogP contribution in [0, 0.1) is 0 Å². The highest BCUT2D eigenvalue weighted by atomic mass is 32.1. The van der Waals surface area contributed by atoms with E-state index < -0.39 is 5.97 Å². The van der Waals surface area contributed by atoms with E-state index in [0.717, 1.165) is 22.5 Å². The molecule has 5 nitrogen and oxygen atoms in total. The molecule has 0 saturated heterocycles. The van der Waals surface area contributed by atoms with Crippen LogP contribution in [0.5, 0.6) is 0 Å². The number of rotatable bonds is 6. The summed E-state index contributed by atoms with van der Waals surface area (Å²) in [6.07, 6.45) is 0. The van der Waals surface area contributed by atoms with Crippen molar-refractivity contribution in [2.45, 2.75) is 13.2 Å². The Kier molecular flexibility index (Phi) is 4.84. The molecule has 2 aromatic rings. The molecule has 1 aromatic heterocycles. The first-order valence-corrected chi connectivity index (χ1v) is 6.77. The van der Waals surface area contributed by atoms with Crippen molar-refractivity contribution >= 4 is 17.3 Å². The molecule has 2 rings (SSSR count). The number of benzene rings is 1. The largest absolute Gasteiger partial charge is 0.477 e. The lowest BCUT2D eigenvalue weighted by atomic mass is 10.1. The Morgan fingerprint density at radius 2 is 2.05 bits per heavy atom. The molecule has 20 heavy (non-hydrogen) atoms. The topological polar surface area (TPSA) is 68.7 Å². The van der Waals surface area contributed by atoms with E-state index in [4.69, 9.17) is 9.47 Å². The first-order valence-electron chi connectivity index (χ1n) is 5.96. The lowest BCUT2D eigenvalue weighted by Gasteiger charge is -2.01. The summed E-state index contributed by atoms with van der Waals surface area (Å²) in [5.41, 5.74) is 2.36. The lowest BCUT2D eigenvalue weighted by molar-refractivity contribution is 0.0697. The van der Waals surface area contributed by atoms with E-state index >= 15 is 0 Å². The Labute approximate surface area is 120 Å². The van der Waals surface area contributed by atoms with Crippen molar-refractivity contribution in [1.82, 2.24) is 4.98 Å². The lowest BCUT2D eigenvalue weighted by Crippen LogP contribution is -1.99. The second-order valence-electron chi connectivity index (χ2n) is 4.17. The van der Waals surface area contributed by atoms with Crippen molar-refractivity contribution < 1.29 is 19.4 Å². The number of hydrogen-bond acceptors (Lipinski definition) is 5. The van der Waals surface area contributed by atoms with Gasteiger partial charge >= 0.3 is 5.97 Å². The Balaban J connectivity index is 2.39. The fourth-order valence-corrected chi connectivity index (χ4v) is 2.74. The fourth-order valence-electron chi connectivity index (χ4n) is 1.84. The number of ether oxygens (including phenoxy) is 2. The first kappa shape index (κ1) is 14.6. The molecule has 0 amide bonds. The van der Waals surface area contributed by atoms with Gasteiger partial charge in [-0.15, -0.1) is 11.3 Å². The predicted octanol–water partition coefficient (Wildman–Crippen LogP) is 2.80.